The van der Waals surface area contributed by atoms with E-state index in [2.05, 4.69) is 140 Å². The van der Waals surface area contributed by atoms with Crippen molar-refractivity contribution in [1.82, 2.24) is 4.98 Å². The number of benzene rings is 7. The Kier molecular flexibility index (Phi) is 5.29. The van der Waals surface area contributed by atoms with Gasteiger partial charge in [0.1, 0.15) is 0 Å². The average Bonchev–Trinajstić information content (AvgIpc) is 3.39. The molecule has 0 atom stereocenters. The Morgan fingerprint density at radius 1 is 0.475 bits per heavy atom. The minimum Gasteiger partial charge on any atom is -0.241 e. The first kappa shape index (κ1) is 23.1. The molecule has 188 valence electrons. The van der Waals surface area contributed by atoms with Crippen LogP contribution in [0.1, 0.15) is 5.01 Å². The minimum absolute atomic E-state index is 1.07. The quantitative estimate of drug-likeness (QED) is 0.208. The Bertz CT molecular complexity index is 2160. The molecule has 0 saturated carbocycles. The second-order valence-corrected chi connectivity index (χ2v) is 11.6. The maximum atomic E-state index is 4.70. The van der Waals surface area contributed by atoms with Gasteiger partial charge >= 0.3 is 0 Å². The first-order valence-electron chi connectivity index (χ1n) is 13.6. The molecular formula is C38H25NS. The molecule has 2 heteroatoms. The summed E-state index contributed by atoms with van der Waals surface area (Å²) in [6.07, 6.45) is 0. The van der Waals surface area contributed by atoms with Crippen molar-refractivity contribution >= 4 is 53.9 Å². The zero-order valence-electron chi connectivity index (χ0n) is 22.1. The van der Waals surface area contributed by atoms with Gasteiger partial charge in [-0.1, -0.05) is 121 Å². The summed E-state index contributed by atoms with van der Waals surface area (Å²) < 4.78 is 1.24. The van der Waals surface area contributed by atoms with Crippen molar-refractivity contribution < 1.29 is 0 Å². The molecule has 0 aliphatic carbocycles. The van der Waals surface area contributed by atoms with Gasteiger partial charge in [0, 0.05) is 0 Å². The molecule has 1 heterocycles. The Morgan fingerprint density at radius 2 is 1.02 bits per heavy atom. The van der Waals surface area contributed by atoms with Gasteiger partial charge in [-0.25, -0.2) is 4.98 Å². The lowest BCUT2D eigenvalue weighted by Crippen LogP contribution is -1.91. The predicted octanol–water partition coefficient (Wildman–Crippen LogP) is 11.1. The number of fused-ring (bicyclic) bond motifs is 4. The molecule has 0 aliphatic heterocycles. The number of thiazole rings is 1. The van der Waals surface area contributed by atoms with E-state index >= 15 is 0 Å². The van der Waals surface area contributed by atoms with Crippen LogP contribution >= 0.6 is 11.3 Å². The van der Waals surface area contributed by atoms with Crippen LogP contribution in [-0.2, 0) is 0 Å². The molecule has 0 fully saturated rings. The normalized spacial score (nSPS) is 11.6. The zero-order valence-corrected chi connectivity index (χ0v) is 22.9. The van der Waals surface area contributed by atoms with Crippen LogP contribution in [0.3, 0.4) is 0 Å². The average molecular weight is 528 g/mol. The molecule has 1 nitrogen and oxygen atoms in total. The van der Waals surface area contributed by atoms with E-state index in [1.54, 1.807) is 11.3 Å². The fourth-order valence-electron chi connectivity index (χ4n) is 6.22. The van der Waals surface area contributed by atoms with Crippen molar-refractivity contribution in [2.75, 3.05) is 0 Å². The summed E-state index contributed by atoms with van der Waals surface area (Å²) in [4.78, 5) is 4.70. The molecule has 1 aromatic heterocycles. The fourth-order valence-corrected chi connectivity index (χ4v) is 7.03. The van der Waals surface area contributed by atoms with Gasteiger partial charge in [-0.3, -0.25) is 0 Å². The van der Waals surface area contributed by atoms with Gasteiger partial charge in [-0.15, -0.1) is 11.3 Å². The standard InChI is InChI=1S/C38H25NS/c1-24-39-35-23-28(21-22-36(35)40-24)25-17-19-27(20-18-25)37-31-12-4-6-14-33(31)38(34-15-7-5-13-32(34)37)30-16-8-10-26-9-2-3-11-29(26)30/h2-23H,1H3. The van der Waals surface area contributed by atoms with E-state index in [1.807, 2.05) is 0 Å². The Hall–Kier alpha value is -4.79. The first-order valence-corrected chi connectivity index (χ1v) is 14.5. The molecule has 0 bridgehead atoms. The molecule has 0 aliphatic rings. The number of aryl methyl sites for hydroxylation is 1. The first-order chi connectivity index (χ1) is 19.7. The molecule has 0 radical (unpaired) electrons. The van der Waals surface area contributed by atoms with E-state index in [0.29, 0.717) is 0 Å². The van der Waals surface area contributed by atoms with Crippen LogP contribution in [0, 0.1) is 6.92 Å². The van der Waals surface area contributed by atoms with Crippen molar-refractivity contribution in [1.29, 1.82) is 0 Å². The highest BCUT2D eigenvalue weighted by molar-refractivity contribution is 7.18. The maximum absolute atomic E-state index is 4.70. The third-order valence-electron chi connectivity index (χ3n) is 7.99. The van der Waals surface area contributed by atoms with E-state index in [4.69, 9.17) is 4.98 Å². The van der Waals surface area contributed by atoms with Crippen LogP contribution in [0.15, 0.2) is 133 Å². The number of nitrogens with zero attached hydrogens (tertiary/aromatic N) is 1. The number of hydrogen-bond donors (Lipinski definition) is 0. The van der Waals surface area contributed by atoms with Gasteiger partial charge < -0.3 is 0 Å². The van der Waals surface area contributed by atoms with E-state index in [9.17, 15) is 0 Å². The van der Waals surface area contributed by atoms with Crippen molar-refractivity contribution in [3.05, 3.63) is 138 Å². The van der Waals surface area contributed by atoms with Gasteiger partial charge in [-0.05, 0) is 84.8 Å². The van der Waals surface area contributed by atoms with Gasteiger partial charge in [0.05, 0.1) is 15.2 Å². The molecular weight excluding hydrogens is 502 g/mol. The Balaban J connectivity index is 1.36. The van der Waals surface area contributed by atoms with Crippen LogP contribution in [-0.4, -0.2) is 4.98 Å². The van der Waals surface area contributed by atoms with E-state index in [0.717, 1.165) is 10.5 Å². The highest BCUT2D eigenvalue weighted by Gasteiger charge is 2.17. The summed E-state index contributed by atoms with van der Waals surface area (Å²) in [6.45, 7) is 2.07. The lowest BCUT2D eigenvalue weighted by molar-refractivity contribution is 1.35. The van der Waals surface area contributed by atoms with Crippen molar-refractivity contribution in [3.63, 3.8) is 0 Å². The Labute approximate surface area is 237 Å². The second-order valence-electron chi connectivity index (χ2n) is 10.4. The number of rotatable bonds is 3. The zero-order chi connectivity index (χ0) is 26.6. The predicted molar refractivity (Wildman–Crippen MR) is 173 cm³/mol. The second kappa shape index (κ2) is 9.15. The third kappa shape index (κ3) is 3.65. The molecule has 8 rings (SSSR count). The molecule has 0 unspecified atom stereocenters. The summed E-state index contributed by atoms with van der Waals surface area (Å²) in [6, 6.07) is 48.7. The highest BCUT2D eigenvalue weighted by Crippen LogP contribution is 2.45. The number of hydrogen-bond acceptors (Lipinski definition) is 2. The topological polar surface area (TPSA) is 12.9 Å². The van der Waals surface area contributed by atoms with E-state index in [1.165, 1.54) is 70.4 Å². The highest BCUT2D eigenvalue weighted by atomic mass is 32.1. The van der Waals surface area contributed by atoms with Crippen LogP contribution in [0.4, 0.5) is 0 Å². The summed E-state index contributed by atoms with van der Waals surface area (Å²) in [5.41, 5.74) is 8.57. The summed E-state index contributed by atoms with van der Waals surface area (Å²) in [7, 11) is 0. The van der Waals surface area contributed by atoms with Crippen LogP contribution < -0.4 is 0 Å². The molecule has 0 amide bonds. The van der Waals surface area contributed by atoms with Gasteiger partial charge in [0.25, 0.3) is 0 Å². The van der Waals surface area contributed by atoms with Crippen molar-refractivity contribution in [2.24, 2.45) is 0 Å². The largest absolute Gasteiger partial charge is 0.241 e. The summed E-state index contributed by atoms with van der Waals surface area (Å²) >= 11 is 1.75. The molecule has 0 saturated heterocycles. The van der Waals surface area contributed by atoms with Gasteiger partial charge in [0.2, 0.25) is 0 Å². The van der Waals surface area contributed by atoms with Crippen LogP contribution in [0.5, 0.6) is 0 Å². The molecule has 8 aromatic rings. The molecule has 0 N–H and O–H groups in total. The molecule has 40 heavy (non-hydrogen) atoms. The van der Waals surface area contributed by atoms with E-state index < -0.39 is 0 Å². The van der Waals surface area contributed by atoms with E-state index in [-0.39, 0.29) is 0 Å². The van der Waals surface area contributed by atoms with Gasteiger partial charge in [0.15, 0.2) is 0 Å². The summed E-state index contributed by atoms with van der Waals surface area (Å²) in [5, 5.41) is 8.76. The number of aromatic nitrogens is 1. The summed E-state index contributed by atoms with van der Waals surface area (Å²) in [5.74, 6) is 0. The third-order valence-corrected chi connectivity index (χ3v) is 8.94. The van der Waals surface area contributed by atoms with Gasteiger partial charge in [-0.2, -0.15) is 0 Å². The van der Waals surface area contributed by atoms with Crippen molar-refractivity contribution in [3.8, 4) is 33.4 Å². The lowest BCUT2D eigenvalue weighted by Gasteiger charge is -2.19. The van der Waals surface area contributed by atoms with Crippen LogP contribution in [0.2, 0.25) is 0 Å². The molecule has 0 spiro atoms. The van der Waals surface area contributed by atoms with Crippen LogP contribution in [0.25, 0.3) is 75.9 Å². The Morgan fingerprint density at radius 3 is 1.73 bits per heavy atom. The SMILES string of the molecule is Cc1nc2cc(-c3ccc(-c4c5ccccc5c(-c5cccc6ccccc56)c5ccccc45)cc3)ccc2s1. The molecule has 7 aromatic carbocycles. The van der Waals surface area contributed by atoms with Crippen molar-refractivity contribution in [2.45, 2.75) is 6.92 Å². The lowest BCUT2D eigenvalue weighted by atomic mass is 9.84. The smallest absolute Gasteiger partial charge is 0.0907 e. The maximum Gasteiger partial charge on any atom is 0.0907 e. The fraction of sp³-hybridized carbons (Fsp3) is 0.0263. The minimum atomic E-state index is 1.07. The monoisotopic (exact) mass is 527 g/mol.